The average Bonchev–Trinajstić information content (AvgIpc) is 3.48. The Balaban J connectivity index is 1.19. The fourth-order valence-electron chi connectivity index (χ4n) is 5.10. The molecule has 1 amide bonds. The van der Waals surface area contributed by atoms with E-state index in [4.69, 9.17) is 12.5 Å². The maximum atomic E-state index is 12.9. The number of anilines is 2. The van der Waals surface area contributed by atoms with Crippen LogP contribution in [-0.2, 0) is 14.2 Å². The first-order valence-corrected chi connectivity index (χ1v) is 14.1. The van der Waals surface area contributed by atoms with Crippen molar-refractivity contribution in [2.45, 2.75) is 55.2 Å². The van der Waals surface area contributed by atoms with Crippen molar-refractivity contribution >= 4 is 17.6 Å². The van der Waals surface area contributed by atoms with Crippen molar-refractivity contribution in [1.29, 1.82) is 0 Å². The number of halogens is 1. The van der Waals surface area contributed by atoms with Crippen molar-refractivity contribution in [1.82, 2.24) is 19.9 Å². The molecule has 9 nitrogen and oxygen atoms in total. The van der Waals surface area contributed by atoms with Crippen molar-refractivity contribution in [3.05, 3.63) is 35.9 Å². The molecule has 2 saturated heterocycles. The van der Waals surface area contributed by atoms with Crippen molar-refractivity contribution in [2.24, 2.45) is 5.92 Å². The summed E-state index contributed by atoms with van der Waals surface area (Å²) in [4.78, 5) is 30.5. The molecule has 10 heteroatoms. The zero-order valence-electron chi connectivity index (χ0n) is 19.4. The van der Waals surface area contributed by atoms with Gasteiger partial charge in [0.25, 0.3) is 0 Å². The van der Waals surface area contributed by atoms with Crippen molar-refractivity contribution in [2.75, 3.05) is 31.1 Å². The van der Waals surface area contributed by atoms with Gasteiger partial charge in [0.1, 0.15) is 0 Å². The van der Waals surface area contributed by atoms with Gasteiger partial charge in [0.05, 0.1) is 0 Å². The molecule has 3 fully saturated rings. The molecular weight excluding hydrogens is 549 g/mol. The Bertz CT molecular complexity index is 1080. The predicted molar refractivity (Wildman–Crippen MR) is 120 cm³/mol. The number of alkyl halides is 1. The number of likely N-dealkylation sites (tertiary alicyclic amines) is 1. The van der Waals surface area contributed by atoms with E-state index < -0.39 is 21.6 Å². The van der Waals surface area contributed by atoms with Gasteiger partial charge >= 0.3 is 210 Å². The fraction of sp³-hybridized carbons (Fsp3) is 0.583. The number of amides is 1. The van der Waals surface area contributed by atoms with Gasteiger partial charge in [0.15, 0.2) is 0 Å². The molecule has 5 heterocycles. The van der Waals surface area contributed by atoms with E-state index >= 15 is 0 Å². The number of carbonyl (C=O) groups excluding carboxylic acids is 1. The van der Waals surface area contributed by atoms with E-state index in [1.807, 2.05) is 24.1 Å². The summed E-state index contributed by atoms with van der Waals surface area (Å²) in [5.74, 6) is 1.58. The second kappa shape index (κ2) is 8.78. The molecule has 0 radical (unpaired) electrons. The van der Waals surface area contributed by atoms with Gasteiger partial charge in [0.2, 0.25) is 0 Å². The van der Waals surface area contributed by atoms with E-state index in [2.05, 4.69) is 32.8 Å². The van der Waals surface area contributed by atoms with Crippen LogP contribution in [0.15, 0.2) is 24.7 Å². The predicted octanol–water partition coefficient (Wildman–Crippen LogP) is 0.0354. The molecule has 6 rings (SSSR count). The van der Waals surface area contributed by atoms with Crippen LogP contribution in [0.1, 0.15) is 37.4 Å². The Morgan fingerprint density at radius 2 is 2.18 bits per heavy atom. The molecule has 182 valence electrons. The molecule has 0 aromatic carbocycles. The summed E-state index contributed by atoms with van der Waals surface area (Å²) in [5, 5.41) is 0. The van der Waals surface area contributed by atoms with Crippen molar-refractivity contribution < 1.29 is 39.0 Å². The monoisotopic (exact) mass is 578 g/mol. The van der Waals surface area contributed by atoms with Crippen LogP contribution in [0.25, 0.3) is 0 Å². The number of piperidine rings is 1. The first-order valence-electron chi connectivity index (χ1n) is 12.0. The molecule has 0 spiro atoms. The molecule has 2 aromatic rings. The van der Waals surface area contributed by atoms with Crippen molar-refractivity contribution in [3.8, 4) is 5.88 Å². The van der Waals surface area contributed by atoms with Crippen LogP contribution in [0.5, 0.6) is 5.88 Å². The maximum absolute atomic E-state index is 12.9. The van der Waals surface area contributed by atoms with Gasteiger partial charge in [-0.2, -0.15) is 0 Å². The summed E-state index contributed by atoms with van der Waals surface area (Å²) in [7, 11) is 0. The van der Waals surface area contributed by atoms with Gasteiger partial charge in [-0.05, 0) is 0 Å². The minimum absolute atomic E-state index is 0.0133. The van der Waals surface area contributed by atoms with Gasteiger partial charge in [-0.1, -0.05) is 0 Å². The van der Waals surface area contributed by atoms with Crippen LogP contribution in [0.3, 0.4) is 0 Å². The SMILES string of the molecule is CCC1(OC(=O)N2CC3CO[I-]C(C2)C3Oc2ncnc(N3CCc4ncccc43)c2C)CC1. The summed E-state index contributed by atoms with van der Waals surface area (Å²) < 4.78 is 18.6. The summed E-state index contributed by atoms with van der Waals surface area (Å²) in [6.07, 6.45) is 6.96. The Labute approximate surface area is 210 Å². The summed E-state index contributed by atoms with van der Waals surface area (Å²) in [5.41, 5.74) is 2.90. The number of ether oxygens (including phenoxy) is 2. The van der Waals surface area contributed by atoms with Crippen LogP contribution < -0.4 is 31.3 Å². The molecule has 4 aliphatic rings. The number of pyridine rings is 1. The van der Waals surface area contributed by atoms with E-state index in [0.29, 0.717) is 25.6 Å². The molecule has 3 atom stereocenters. The zero-order valence-corrected chi connectivity index (χ0v) is 21.6. The minimum atomic E-state index is -0.539. The van der Waals surface area contributed by atoms with Crippen LogP contribution in [-0.4, -0.2) is 67.8 Å². The molecular formula is C24H29IN5O4-. The Morgan fingerprint density at radius 1 is 1.29 bits per heavy atom. The zero-order chi connectivity index (χ0) is 23.3. The topological polar surface area (TPSA) is 89.9 Å². The summed E-state index contributed by atoms with van der Waals surface area (Å²) in [6, 6.07) is 4.04. The normalized spacial score (nSPS) is 26.9. The summed E-state index contributed by atoms with van der Waals surface area (Å²) in [6.45, 7) is 6.77. The first-order chi connectivity index (χ1) is 16.6. The number of nitrogens with zero attached hydrogens (tertiary/aromatic N) is 5. The van der Waals surface area contributed by atoms with Crippen molar-refractivity contribution in [3.63, 3.8) is 0 Å². The molecule has 3 unspecified atom stereocenters. The number of rotatable bonds is 5. The number of carbonyl (C=O) groups is 1. The molecule has 3 aliphatic heterocycles. The van der Waals surface area contributed by atoms with Gasteiger partial charge < -0.3 is 0 Å². The third-order valence-corrected chi connectivity index (χ3v) is 9.86. The van der Waals surface area contributed by atoms with E-state index in [1.165, 1.54) is 0 Å². The van der Waals surface area contributed by atoms with Crippen LogP contribution in [0, 0.1) is 12.8 Å². The van der Waals surface area contributed by atoms with Gasteiger partial charge in [-0.3, -0.25) is 0 Å². The molecule has 0 N–H and O–H groups in total. The van der Waals surface area contributed by atoms with E-state index in [9.17, 15) is 4.79 Å². The summed E-state index contributed by atoms with van der Waals surface area (Å²) >= 11 is -0.539. The average molecular weight is 578 g/mol. The van der Waals surface area contributed by atoms with Crippen LogP contribution >= 0.6 is 0 Å². The van der Waals surface area contributed by atoms with Crippen LogP contribution in [0.4, 0.5) is 16.3 Å². The van der Waals surface area contributed by atoms with E-state index in [-0.39, 0.29) is 27.6 Å². The van der Waals surface area contributed by atoms with E-state index in [1.54, 1.807) is 6.33 Å². The first kappa shape index (κ1) is 22.3. The molecule has 1 aliphatic carbocycles. The number of aromatic nitrogens is 3. The van der Waals surface area contributed by atoms with Gasteiger partial charge in [0, 0.05) is 0 Å². The number of hydrogen-bond donors (Lipinski definition) is 0. The molecule has 2 bridgehead atoms. The molecule has 1 saturated carbocycles. The van der Waals surface area contributed by atoms with Crippen LogP contribution in [0.2, 0.25) is 0 Å². The second-order valence-electron chi connectivity index (χ2n) is 9.53. The molecule has 2 aromatic heterocycles. The Hall–Kier alpha value is -2.21. The third-order valence-electron chi connectivity index (χ3n) is 7.38. The van der Waals surface area contributed by atoms with E-state index in [0.717, 1.165) is 55.0 Å². The van der Waals surface area contributed by atoms with Gasteiger partial charge in [-0.15, -0.1) is 0 Å². The Morgan fingerprint density at radius 3 is 2.97 bits per heavy atom. The third kappa shape index (κ3) is 3.98. The standard InChI is InChI=1S/C24H29IN5O4/c1-3-24(7-8-24)34-23(31)29-11-16-13-32-25-17(12-29)20(16)33-22-15(2)21(27-14-28-22)30-10-6-18-19(30)5-4-9-26-18/h4-5,9,14,16-17,20H,3,6-8,10-13H2,1-2H3/q-1. The Kier molecular flexibility index (Phi) is 5.75. The molecule has 34 heavy (non-hydrogen) atoms. The quantitative estimate of drug-likeness (QED) is 0.363. The second-order valence-corrected chi connectivity index (χ2v) is 12.3. The number of hydrogen-bond acceptors (Lipinski definition) is 8. The fourth-order valence-corrected chi connectivity index (χ4v) is 7.89. The number of fused-ring (bicyclic) bond motifs is 3. The van der Waals surface area contributed by atoms with Gasteiger partial charge in [-0.25, -0.2) is 0 Å².